The lowest BCUT2D eigenvalue weighted by atomic mass is 9.96. The van der Waals surface area contributed by atoms with Gasteiger partial charge in [0, 0.05) is 31.1 Å². The van der Waals surface area contributed by atoms with Gasteiger partial charge < -0.3 is 9.64 Å². The van der Waals surface area contributed by atoms with Gasteiger partial charge in [0.15, 0.2) is 0 Å². The van der Waals surface area contributed by atoms with E-state index < -0.39 is 0 Å². The highest BCUT2D eigenvalue weighted by Gasteiger charge is 2.31. The molecule has 0 saturated carbocycles. The molecule has 0 aliphatic carbocycles. The van der Waals surface area contributed by atoms with Crippen LogP contribution in [0.15, 0.2) is 48.8 Å². The topological polar surface area (TPSA) is 42.4 Å². The number of benzene rings is 1. The van der Waals surface area contributed by atoms with Crippen molar-refractivity contribution >= 4 is 17.5 Å². The van der Waals surface area contributed by atoms with Crippen LogP contribution in [0.1, 0.15) is 23.6 Å². The molecule has 1 amide bonds. The Morgan fingerprint density at radius 3 is 2.48 bits per heavy atom. The molecule has 2 atom stereocenters. The molecule has 23 heavy (non-hydrogen) atoms. The Bertz CT molecular complexity index is 654. The van der Waals surface area contributed by atoms with E-state index in [2.05, 4.69) is 4.98 Å². The zero-order chi connectivity index (χ0) is 16.2. The van der Waals surface area contributed by atoms with Gasteiger partial charge in [-0.3, -0.25) is 9.78 Å². The van der Waals surface area contributed by atoms with Crippen molar-refractivity contribution in [3.8, 4) is 0 Å². The summed E-state index contributed by atoms with van der Waals surface area (Å²) < 4.78 is 5.36. The average molecular weight is 331 g/mol. The van der Waals surface area contributed by atoms with Crippen molar-refractivity contribution in [2.45, 2.75) is 12.5 Å². The van der Waals surface area contributed by atoms with Gasteiger partial charge in [-0.25, -0.2) is 0 Å². The van der Waals surface area contributed by atoms with Gasteiger partial charge in [0.1, 0.15) is 0 Å². The Labute approximate surface area is 141 Å². The number of nitrogens with zero attached hydrogens (tertiary/aromatic N) is 2. The van der Waals surface area contributed by atoms with Crippen molar-refractivity contribution < 1.29 is 9.53 Å². The number of aromatic nitrogens is 1. The third-order valence-corrected chi connectivity index (χ3v) is 4.47. The van der Waals surface area contributed by atoms with Crippen LogP contribution in [0.5, 0.6) is 0 Å². The molecule has 1 saturated heterocycles. The van der Waals surface area contributed by atoms with Crippen LogP contribution in [-0.4, -0.2) is 36.1 Å². The first-order valence-electron chi connectivity index (χ1n) is 7.66. The predicted octanol–water partition coefficient (Wildman–Crippen LogP) is 3.32. The molecule has 2 unspecified atom stereocenters. The van der Waals surface area contributed by atoms with Crippen LogP contribution in [0, 0.1) is 5.92 Å². The molecule has 0 bridgehead atoms. The molecule has 0 N–H and O–H groups in total. The van der Waals surface area contributed by atoms with Crippen molar-refractivity contribution in [2.24, 2.45) is 5.92 Å². The Morgan fingerprint density at radius 1 is 1.22 bits per heavy atom. The van der Waals surface area contributed by atoms with Gasteiger partial charge in [0.05, 0.1) is 18.6 Å². The second-order valence-electron chi connectivity index (χ2n) is 5.74. The molecule has 1 aliphatic heterocycles. The summed E-state index contributed by atoms with van der Waals surface area (Å²) in [5, 5.41) is 0.681. The van der Waals surface area contributed by atoms with Crippen molar-refractivity contribution in [3.63, 3.8) is 0 Å². The van der Waals surface area contributed by atoms with Gasteiger partial charge in [0.2, 0.25) is 5.91 Å². The summed E-state index contributed by atoms with van der Waals surface area (Å²) in [4.78, 5) is 18.7. The summed E-state index contributed by atoms with van der Waals surface area (Å²) in [6, 6.07) is 11.3. The van der Waals surface area contributed by atoms with Crippen LogP contribution >= 0.6 is 11.6 Å². The van der Waals surface area contributed by atoms with Gasteiger partial charge in [-0.15, -0.1) is 0 Å². The second-order valence-corrected chi connectivity index (χ2v) is 6.18. The van der Waals surface area contributed by atoms with Gasteiger partial charge in [-0.2, -0.15) is 0 Å². The average Bonchev–Trinajstić information content (AvgIpc) is 3.11. The molecule has 0 radical (unpaired) electrons. The molecule has 1 aliphatic rings. The largest absolute Gasteiger partial charge is 0.381 e. The molecule has 1 aromatic heterocycles. The molecule has 4 nitrogen and oxygen atoms in total. The van der Waals surface area contributed by atoms with Gasteiger partial charge >= 0.3 is 0 Å². The van der Waals surface area contributed by atoms with Crippen molar-refractivity contribution in [2.75, 3.05) is 20.3 Å². The Kier molecular flexibility index (Phi) is 4.94. The van der Waals surface area contributed by atoms with Crippen LogP contribution in [-0.2, 0) is 9.53 Å². The maximum Gasteiger partial charge on any atom is 0.228 e. The predicted molar refractivity (Wildman–Crippen MR) is 89.2 cm³/mol. The summed E-state index contributed by atoms with van der Waals surface area (Å²) >= 11 is 6.00. The highest BCUT2D eigenvalue weighted by molar-refractivity contribution is 6.30. The minimum atomic E-state index is -0.164. The fourth-order valence-corrected chi connectivity index (χ4v) is 3.10. The first-order chi connectivity index (χ1) is 11.2. The first-order valence-corrected chi connectivity index (χ1v) is 8.04. The maximum absolute atomic E-state index is 12.8. The van der Waals surface area contributed by atoms with Crippen molar-refractivity contribution in [1.29, 1.82) is 0 Å². The number of rotatable bonds is 4. The van der Waals surface area contributed by atoms with Gasteiger partial charge in [0.25, 0.3) is 0 Å². The fraction of sp³-hybridized carbons (Fsp3) is 0.333. The molecule has 120 valence electrons. The highest BCUT2D eigenvalue weighted by Crippen LogP contribution is 2.30. The monoisotopic (exact) mass is 330 g/mol. The number of carbonyl (C=O) groups is 1. The molecule has 3 rings (SSSR count). The smallest absolute Gasteiger partial charge is 0.228 e. The second kappa shape index (κ2) is 7.11. The molecule has 2 aromatic rings. The molecule has 1 fully saturated rings. The molecule has 1 aromatic carbocycles. The standard InChI is InChI=1S/C18H19ClN2O2/c1-21(18(22)15-8-11-23-12-15)17(14-6-9-20-10-7-14)13-2-4-16(19)5-3-13/h2-7,9-10,15,17H,8,11-12H2,1H3. The van der Waals surface area contributed by atoms with Crippen LogP contribution in [0.4, 0.5) is 0 Å². The summed E-state index contributed by atoms with van der Waals surface area (Å²) in [5.41, 5.74) is 2.05. The first kappa shape index (κ1) is 16.0. The van der Waals surface area contributed by atoms with Crippen LogP contribution in [0.2, 0.25) is 5.02 Å². The van der Waals surface area contributed by atoms with E-state index in [1.54, 1.807) is 17.3 Å². The summed E-state index contributed by atoms with van der Waals surface area (Å²) in [7, 11) is 1.85. The lowest BCUT2D eigenvalue weighted by Gasteiger charge is -2.31. The number of amides is 1. The molecular formula is C18H19ClN2O2. The zero-order valence-electron chi connectivity index (χ0n) is 13.0. The van der Waals surface area contributed by atoms with Gasteiger partial charge in [-0.05, 0) is 41.8 Å². The number of hydrogen-bond acceptors (Lipinski definition) is 3. The van der Waals surface area contributed by atoms with E-state index in [9.17, 15) is 4.79 Å². The SMILES string of the molecule is CN(C(=O)C1CCOC1)C(c1ccncc1)c1ccc(Cl)cc1. The Hall–Kier alpha value is -1.91. The van der Waals surface area contributed by atoms with E-state index in [1.807, 2.05) is 43.4 Å². The molecule has 2 heterocycles. The molecular weight excluding hydrogens is 312 g/mol. The lowest BCUT2D eigenvalue weighted by molar-refractivity contribution is -0.135. The fourth-order valence-electron chi connectivity index (χ4n) is 2.97. The minimum absolute atomic E-state index is 0.0587. The quantitative estimate of drug-likeness (QED) is 0.863. The summed E-state index contributed by atoms with van der Waals surface area (Å²) in [6.07, 6.45) is 4.28. The van der Waals surface area contributed by atoms with E-state index in [0.29, 0.717) is 18.2 Å². The van der Waals surface area contributed by atoms with Crippen LogP contribution in [0.3, 0.4) is 0 Å². The van der Waals surface area contributed by atoms with E-state index in [1.165, 1.54) is 0 Å². The van der Waals surface area contributed by atoms with Gasteiger partial charge in [-0.1, -0.05) is 23.7 Å². The van der Waals surface area contributed by atoms with E-state index in [0.717, 1.165) is 17.5 Å². The summed E-state index contributed by atoms with van der Waals surface area (Å²) in [6.45, 7) is 1.16. The zero-order valence-corrected chi connectivity index (χ0v) is 13.7. The molecule has 0 spiro atoms. The number of carbonyl (C=O) groups excluding carboxylic acids is 1. The van der Waals surface area contributed by atoms with Crippen molar-refractivity contribution in [3.05, 3.63) is 64.9 Å². The van der Waals surface area contributed by atoms with E-state index >= 15 is 0 Å². The van der Waals surface area contributed by atoms with E-state index in [4.69, 9.17) is 16.3 Å². The number of halogens is 1. The number of pyridine rings is 1. The number of hydrogen-bond donors (Lipinski definition) is 0. The lowest BCUT2D eigenvalue weighted by Crippen LogP contribution is -2.36. The normalized spacial score (nSPS) is 18.6. The van der Waals surface area contributed by atoms with Crippen molar-refractivity contribution in [1.82, 2.24) is 9.88 Å². The Balaban J connectivity index is 1.94. The highest BCUT2D eigenvalue weighted by atomic mass is 35.5. The molecule has 5 heteroatoms. The third-order valence-electron chi connectivity index (χ3n) is 4.22. The third kappa shape index (κ3) is 3.54. The van der Waals surface area contributed by atoms with Crippen LogP contribution < -0.4 is 0 Å². The van der Waals surface area contributed by atoms with E-state index in [-0.39, 0.29) is 17.9 Å². The minimum Gasteiger partial charge on any atom is -0.381 e. The van der Waals surface area contributed by atoms with Crippen LogP contribution in [0.25, 0.3) is 0 Å². The number of ether oxygens (including phenoxy) is 1. The summed E-state index contributed by atoms with van der Waals surface area (Å²) in [5.74, 6) is 0.0518. The Morgan fingerprint density at radius 2 is 1.87 bits per heavy atom. The maximum atomic E-state index is 12.8.